The van der Waals surface area contributed by atoms with Gasteiger partial charge in [0.2, 0.25) is 0 Å². The number of ether oxygens (including phenoxy) is 2. The molecule has 1 rings (SSSR count). The van der Waals surface area contributed by atoms with Crippen LogP contribution in [0, 0.1) is 0 Å². The molecule has 0 radical (unpaired) electrons. The molecule has 1 saturated heterocycles. The number of carbonyl (C=O) groups is 1. The van der Waals surface area contributed by atoms with E-state index in [0.717, 1.165) is 39.1 Å². The molecule has 132 valence electrons. The summed E-state index contributed by atoms with van der Waals surface area (Å²) in [5.41, 5.74) is -0.433. The number of carbonyl (C=O) groups excluding carboxylic acids is 1. The monoisotopic (exact) mass is 316 g/mol. The van der Waals surface area contributed by atoms with Gasteiger partial charge in [0, 0.05) is 38.9 Å². The number of nitrogens with zero attached hydrogens (tertiary/aromatic N) is 2. The van der Waals surface area contributed by atoms with Crippen molar-refractivity contribution in [3.63, 3.8) is 0 Å². The van der Waals surface area contributed by atoms with Crippen molar-refractivity contribution in [3.8, 4) is 0 Å². The number of piperazine rings is 1. The lowest BCUT2D eigenvalue weighted by Gasteiger charge is -2.44. The molecule has 1 heterocycles. The SMILES string of the molecule is C.COCCCCN1C[C@H](C)N(C(=O)OC(C)(C)C)C[C@H]1C. The first-order chi connectivity index (χ1) is 9.74. The molecule has 0 aromatic rings. The van der Waals surface area contributed by atoms with E-state index in [1.165, 1.54) is 0 Å². The quantitative estimate of drug-likeness (QED) is 0.729. The molecule has 0 aromatic carbocycles. The highest BCUT2D eigenvalue weighted by molar-refractivity contribution is 5.68. The number of hydrogen-bond donors (Lipinski definition) is 0. The van der Waals surface area contributed by atoms with E-state index in [2.05, 4.69) is 18.7 Å². The highest BCUT2D eigenvalue weighted by Gasteiger charge is 2.33. The van der Waals surface area contributed by atoms with Gasteiger partial charge in [-0.15, -0.1) is 0 Å². The molecule has 1 fully saturated rings. The Hall–Kier alpha value is -0.810. The Balaban J connectivity index is 0.00000441. The minimum atomic E-state index is -0.433. The van der Waals surface area contributed by atoms with Crippen molar-refractivity contribution in [3.05, 3.63) is 0 Å². The molecule has 22 heavy (non-hydrogen) atoms. The van der Waals surface area contributed by atoms with Gasteiger partial charge in [-0.05, 0) is 54.0 Å². The lowest BCUT2D eigenvalue weighted by Crippen LogP contribution is -2.58. The Morgan fingerprint density at radius 1 is 1.14 bits per heavy atom. The second-order valence-electron chi connectivity index (χ2n) is 7.03. The molecule has 5 heteroatoms. The Kier molecular flexibility index (Phi) is 9.01. The van der Waals surface area contributed by atoms with Crippen molar-refractivity contribution in [1.82, 2.24) is 9.80 Å². The molecule has 0 N–H and O–H groups in total. The third-order valence-corrected chi connectivity index (χ3v) is 3.79. The van der Waals surface area contributed by atoms with Crippen molar-refractivity contribution >= 4 is 6.09 Å². The van der Waals surface area contributed by atoms with Gasteiger partial charge in [-0.25, -0.2) is 4.79 Å². The summed E-state index contributed by atoms with van der Waals surface area (Å²) in [4.78, 5) is 16.6. The zero-order chi connectivity index (χ0) is 16.0. The predicted octanol–water partition coefficient (Wildman–Crippen LogP) is 3.38. The van der Waals surface area contributed by atoms with E-state index < -0.39 is 5.60 Å². The van der Waals surface area contributed by atoms with Crippen LogP contribution in [0.15, 0.2) is 0 Å². The van der Waals surface area contributed by atoms with Crippen LogP contribution < -0.4 is 0 Å². The summed E-state index contributed by atoms with van der Waals surface area (Å²) in [5.74, 6) is 0. The van der Waals surface area contributed by atoms with E-state index in [0.29, 0.717) is 6.04 Å². The molecule has 0 aliphatic carbocycles. The number of hydrogen-bond acceptors (Lipinski definition) is 4. The maximum absolute atomic E-state index is 12.2. The molecule has 2 atom stereocenters. The van der Waals surface area contributed by atoms with Crippen LogP contribution in [-0.2, 0) is 9.47 Å². The lowest BCUT2D eigenvalue weighted by atomic mass is 10.1. The van der Waals surface area contributed by atoms with E-state index in [1.807, 2.05) is 25.7 Å². The number of amides is 1. The Bertz CT molecular complexity index is 328. The molecule has 1 aliphatic heterocycles. The van der Waals surface area contributed by atoms with Gasteiger partial charge in [-0.2, -0.15) is 0 Å². The zero-order valence-electron chi connectivity index (χ0n) is 14.5. The third-order valence-electron chi connectivity index (χ3n) is 3.79. The van der Waals surface area contributed by atoms with Crippen molar-refractivity contribution in [2.45, 2.75) is 72.6 Å². The zero-order valence-corrected chi connectivity index (χ0v) is 14.5. The molecule has 0 bridgehead atoms. The Morgan fingerprint density at radius 2 is 1.77 bits per heavy atom. The van der Waals surface area contributed by atoms with Crippen LogP contribution in [0.25, 0.3) is 0 Å². The third kappa shape index (κ3) is 6.97. The molecule has 1 amide bonds. The molecule has 0 aromatic heterocycles. The first-order valence-corrected chi connectivity index (χ1v) is 7.97. The van der Waals surface area contributed by atoms with Crippen LogP contribution in [0.4, 0.5) is 4.79 Å². The molecule has 1 aliphatic rings. The minimum absolute atomic E-state index is 0. The van der Waals surface area contributed by atoms with Gasteiger partial charge in [0.05, 0.1) is 0 Å². The van der Waals surface area contributed by atoms with Gasteiger partial charge in [0.25, 0.3) is 0 Å². The summed E-state index contributed by atoms with van der Waals surface area (Å²) in [7, 11) is 1.74. The lowest BCUT2D eigenvalue weighted by molar-refractivity contribution is -0.0105. The Labute approximate surface area is 136 Å². The van der Waals surface area contributed by atoms with E-state index in [9.17, 15) is 4.79 Å². The van der Waals surface area contributed by atoms with Gasteiger partial charge in [0.1, 0.15) is 5.60 Å². The average Bonchev–Trinajstić information content (AvgIpc) is 2.36. The van der Waals surface area contributed by atoms with E-state index in [-0.39, 0.29) is 19.6 Å². The highest BCUT2D eigenvalue weighted by Crippen LogP contribution is 2.19. The topological polar surface area (TPSA) is 42.0 Å². The van der Waals surface area contributed by atoms with Gasteiger partial charge in [0.15, 0.2) is 0 Å². The first kappa shape index (κ1) is 21.2. The fraction of sp³-hybridized carbons (Fsp3) is 0.941. The van der Waals surface area contributed by atoms with Crippen molar-refractivity contribution < 1.29 is 14.3 Å². The van der Waals surface area contributed by atoms with Crippen LogP contribution in [0.1, 0.15) is 54.9 Å². The fourth-order valence-corrected chi connectivity index (χ4v) is 2.65. The average molecular weight is 316 g/mol. The molecule has 5 nitrogen and oxygen atoms in total. The number of rotatable bonds is 5. The number of methoxy groups -OCH3 is 1. The maximum atomic E-state index is 12.2. The molecule has 0 unspecified atom stereocenters. The summed E-state index contributed by atoms with van der Waals surface area (Å²) in [6, 6.07) is 0.565. The largest absolute Gasteiger partial charge is 0.444 e. The van der Waals surface area contributed by atoms with E-state index in [1.54, 1.807) is 7.11 Å². The summed E-state index contributed by atoms with van der Waals surface area (Å²) in [6.07, 6.45) is 2.03. The fourth-order valence-electron chi connectivity index (χ4n) is 2.65. The highest BCUT2D eigenvalue weighted by atomic mass is 16.6. The molecule has 0 spiro atoms. The summed E-state index contributed by atoms with van der Waals surface area (Å²) in [6.45, 7) is 13.5. The summed E-state index contributed by atoms with van der Waals surface area (Å²) in [5, 5.41) is 0. The van der Waals surface area contributed by atoms with Crippen LogP contribution in [0.5, 0.6) is 0 Å². The molecule has 0 saturated carbocycles. The van der Waals surface area contributed by atoms with Crippen LogP contribution >= 0.6 is 0 Å². The molecular weight excluding hydrogens is 280 g/mol. The normalized spacial score (nSPS) is 23.1. The van der Waals surface area contributed by atoms with Crippen LogP contribution in [-0.4, -0.2) is 66.9 Å². The Morgan fingerprint density at radius 3 is 2.32 bits per heavy atom. The van der Waals surface area contributed by atoms with Gasteiger partial charge >= 0.3 is 6.09 Å². The maximum Gasteiger partial charge on any atom is 0.410 e. The smallest absolute Gasteiger partial charge is 0.410 e. The summed E-state index contributed by atoms with van der Waals surface area (Å²) < 4.78 is 10.6. The second kappa shape index (κ2) is 9.36. The van der Waals surface area contributed by atoms with E-state index >= 15 is 0 Å². The van der Waals surface area contributed by atoms with Crippen molar-refractivity contribution in [2.24, 2.45) is 0 Å². The minimum Gasteiger partial charge on any atom is -0.444 e. The predicted molar refractivity (Wildman–Crippen MR) is 91.3 cm³/mol. The van der Waals surface area contributed by atoms with Crippen molar-refractivity contribution in [1.29, 1.82) is 0 Å². The standard InChI is InChI=1S/C16H32N2O3.CH4/c1-13-12-18(15(19)21-16(3,4)5)14(2)11-17(13)9-7-8-10-20-6;/h13-14H,7-12H2,1-6H3;1H4/t13-,14+;/m1./s1. The van der Waals surface area contributed by atoms with Crippen LogP contribution in [0.3, 0.4) is 0 Å². The van der Waals surface area contributed by atoms with Gasteiger partial charge in [-0.1, -0.05) is 7.43 Å². The van der Waals surface area contributed by atoms with Crippen LogP contribution in [0.2, 0.25) is 0 Å². The summed E-state index contributed by atoms with van der Waals surface area (Å²) >= 11 is 0. The second-order valence-corrected chi connectivity index (χ2v) is 7.03. The molecular formula is C17H36N2O3. The first-order valence-electron chi connectivity index (χ1n) is 7.97. The van der Waals surface area contributed by atoms with Gasteiger partial charge in [-0.3, -0.25) is 4.90 Å². The van der Waals surface area contributed by atoms with E-state index in [4.69, 9.17) is 9.47 Å². The number of unbranched alkanes of at least 4 members (excludes halogenated alkanes) is 1. The van der Waals surface area contributed by atoms with Crippen molar-refractivity contribution in [2.75, 3.05) is 33.4 Å². The van der Waals surface area contributed by atoms with Gasteiger partial charge < -0.3 is 14.4 Å².